The van der Waals surface area contributed by atoms with E-state index >= 15 is 0 Å². The number of nitrogens with zero attached hydrogens (tertiary/aromatic N) is 3. The lowest BCUT2D eigenvalue weighted by atomic mass is 9.75. The maximum atomic E-state index is 13.1. The number of rotatable bonds is 8. The molecule has 0 radical (unpaired) electrons. The van der Waals surface area contributed by atoms with E-state index in [2.05, 4.69) is 15.3 Å². The van der Waals surface area contributed by atoms with Gasteiger partial charge >= 0.3 is 11.9 Å². The number of nitrogens with one attached hydrogen (secondary N) is 1. The molecule has 3 heterocycles. The number of esters is 2. The molecule has 0 aliphatic carbocycles. The summed E-state index contributed by atoms with van der Waals surface area (Å²) in [6, 6.07) is 11.4. The molecule has 0 amide bonds. The van der Waals surface area contributed by atoms with Gasteiger partial charge in [-0.15, -0.1) is 11.3 Å². The first kappa shape index (κ1) is 25.2. The normalized spacial score (nSPS) is 17.4. The number of aromatic nitrogens is 2. The average molecular weight is 505 g/mol. The Balaban J connectivity index is 1.78. The summed E-state index contributed by atoms with van der Waals surface area (Å²) >= 11 is 1.46. The Labute approximate surface area is 214 Å². The van der Waals surface area contributed by atoms with E-state index in [9.17, 15) is 9.59 Å². The second-order valence-electron chi connectivity index (χ2n) is 8.17. The van der Waals surface area contributed by atoms with Crippen molar-refractivity contribution in [1.82, 2.24) is 9.97 Å². The highest BCUT2D eigenvalue weighted by Crippen LogP contribution is 2.43. The number of pyridine rings is 1. The molecule has 4 rings (SSSR count). The van der Waals surface area contributed by atoms with Crippen LogP contribution in [-0.2, 0) is 19.1 Å². The number of allylic oxidation sites excluding steroid dienone is 1. The van der Waals surface area contributed by atoms with Gasteiger partial charge in [-0.25, -0.2) is 9.78 Å². The van der Waals surface area contributed by atoms with Crippen LogP contribution in [0.15, 0.2) is 70.4 Å². The van der Waals surface area contributed by atoms with Crippen LogP contribution in [0.1, 0.15) is 39.2 Å². The topological polar surface area (TPSA) is 103 Å². The van der Waals surface area contributed by atoms with E-state index in [1.807, 2.05) is 41.8 Å². The maximum Gasteiger partial charge on any atom is 0.336 e. The summed E-state index contributed by atoms with van der Waals surface area (Å²) in [5.41, 5.74) is 4.68. The van der Waals surface area contributed by atoms with Crippen LogP contribution in [0.25, 0.3) is 11.3 Å². The highest BCUT2D eigenvalue weighted by molar-refractivity contribution is 7.14. The van der Waals surface area contributed by atoms with Crippen molar-refractivity contribution in [2.75, 3.05) is 18.5 Å². The predicted octanol–water partition coefficient (Wildman–Crippen LogP) is 5.52. The Morgan fingerprint density at radius 3 is 2.56 bits per heavy atom. The number of hydrogen-bond donors (Lipinski definition) is 1. The van der Waals surface area contributed by atoms with Crippen molar-refractivity contribution in [3.63, 3.8) is 0 Å². The van der Waals surface area contributed by atoms with Crippen molar-refractivity contribution in [2.45, 2.75) is 33.6 Å². The number of para-hydroxylation sites is 1. The molecule has 3 aromatic rings. The van der Waals surface area contributed by atoms with Gasteiger partial charge in [-0.2, -0.15) is 0 Å². The molecule has 0 saturated carbocycles. The molecule has 2 aromatic heterocycles. The molecule has 8 nitrogen and oxygen atoms in total. The molecule has 186 valence electrons. The van der Waals surface area contributed by atoms with E-state index in [4.69, 9.17) is 14.5 Å². The third-order valence-electron chi connectivity index (χ3n) is 5.86. The molecule has 0 bridgehead atoms. The smallest absolute Gasteiger partial charge is 0.336 e. The standard InChI is InChI=1S/C27H28N4O4S/c1-5-34-25(32)22-16(3)29-17(4)23(26(33)35-6-2)24(22)19-11-7-8-12-20(19)30-27-31-21(15-36-27)18-10-9-13-28-14-18/h7-15,22,24H,5-6H2,1-4H3,(H,30,31). The SMILES string of the molecule is CCOC(=O)C1=C(C)N=C(C)C(C(=O)OCC)C1c1ccccc1Nc1nc(-c2cccnc2)cs1. The van der Waals surface area contributed by atoms with Gasteiger partial charge in [0.05, 0.1) is 24.5 Å². The Morgan fingerprint density at radius 2 is 1.83 bits per heavy atom. The number of carbonyl (C=O) groups is 2. The number of anilines is 2. The predicted molar refractivity (Wildman–Crippen MR) is 140 cm³/mol. The van der Waals surface area contributed by atoms with Gasteiger partial charge < -0.3 is 14.8 Å². The van der Waals surface area contributed by atoms with Gasteiger partial charge in [-0.1, -0.05) is 18.2 Å². The summed E-state index contributed by atoms with van der Waals surface area (Å²) in [5.74, 6) is -2.32. The lowest BCUT2D eigenvalue weighted by Gasteiger charge is -2.32. The summed E-state index contributed by atoms with van der Waals surface area (Å²) in [5, 5.41) is 6.02. The summed E-state index contributed by atoms with van der Waals surface area (Å²) in [4.78, 5) is 39.7. The summed E-state index contributed by atoms with van der Waals surface area (Å²) < 4.78 is 10.8. The van der Waals surface area contributed by atoms with Crippen LogP contribution in [0, 0.1) is 5.92 Å². The van der Waals surface area contributed by atoms with Crippen molar-refractivity contribution in [3.8, 4) is 11.3 Å². The van der Waals surface area contributed by atoms with E-state index in [-0.39, 0.29) is 13.2 Å². The highest BCUT2D eigenvalue weighted by Gasteiger charge is 2.43. The molecule has 9 heteroatoms. The van der Waals surface area contributed by atoms with Gasteiger partial charge in [0.2, 0.25) is 0 Å². The summed E-state index contributed by atoms with van der Waals surface area (Å²) in [6.45, 7) is 7.50. The number of ether oxygens (including phenoxy) is 2. The van der Waals surface area contributed by atoms with Gasteiger partial charge in [0.25, 0.3) is 0 Å². The number of hydrogen-bond acceptors (Lipinski definition) is 9. The third-order valence-corrected chi connectivity index (χ3v) is 6.62. The second-order valence-corrected chi connectivity index (χ2v) is 9.03. The fraction of sp³-hybridized carbons (Fsp3) is 0.296. The van der Waals surface area contributed by atoms with E-state index < -0.39 is 23.8 Å². The fourth-order valence-corrected chi connectivity index (χ4v) is 5.09. The lowest BCUT2D eigenvalue weighted by Crippen LogP contribution is -2.36. The summed E-state index contributed by atoms with van der Waals surface area (Å²) in [7, 11) is 0. The quantitative estimate of drug-likeness (QED) is 0.403. The molecule has 1 aliphatic heterocycles. The van der Waals surface area contributed by atoms with E-state index in [1.54, 1.807) is 40.1 Å². The molecule has 0 saturated heterocycles. The first-order chi connectivity index (χ1) is 17.4. The number of carbonyl (C=O) groups excluding carboxylic acids is 2. The van der Waals surface area contributed by atoms with Crippen molar-refractivity contribution >= 4 is 39.8 Å². The molecule has 36 heavy (non-hydrogen) atoms. The average Bonchev–Trinajstić information content (AvgIpc) is 3.33. The minimum absolute atomic E-state index is 0.214. The van der Waals surface area contributed by atoms with E-state index in [0.29, 0.717) is 22.1 Å². The van der Waals surface area contributed by atoms with Gasteiger partial charge in [-0.05, 0) is 51.5 Å². The van der Waals surface area contributed by atoms with Crippen LogP contribution in [0.2, 0.25) is 0 Å². The van der Waals surface area contributed by atoms with Gasteiger partial charge in [0.1, 0.15) is 5.92 Å². The molecular formula is C27H28N4O4S. The first-order valence-corrected chi connectivity index (χ1v) is 12.6. The van der Waals surface area contributed by atoms with Crippen LogP contribution in [0.5, 0.6) is 0 Å². The minimum atomic E-state index is -0.766. The number of thiazole rings is 1. The zero-order valence-electron chi connectivity index (χ0n) is 20.6. The van der Waals surface area contributed by atoms with Crippen molar-refractivity contribution in [3.05, 3.63) is 71.0 Å². The van der Waals surface area contributed by atoms with Gasteiger partial charge in [0.15, 0.2) is 5.13 Å². The Morgan fingerprint density at radius 1 is 1.06 bits per heavy atom. The van der Waals surface area contributed by atoms with Crippen LogP contribution in [-0.4, -0.2) is 40.8 Å². The number of aliphatic imine (C=N–C) groups is 1. The van der Waals surface area contributed by atoms with Gasteiger partial charge in [-0.3, -0.25) is 14.8 Å². The van der Waals surface area contributed by atoms with Crippen molar-refractivity contribution < 1.29 is 19.1 Å². The monoisotopic (exact) mass is 504 g/mol. The van der Waals surface area contributed by atoms with Crippen molar-refractivity contribution in [2.24, 2.45) is 10.9 Å². The second kappa shape index (κ2) is 11.3. The zero-order chi connectivity index (χ0) is 25.7. The molecular weight excluding hydrogens is 476 g/mol. The summed E-state index contributed by atoms with van der Waals surface area (Å²) in [6.07, 6.45) is 3.48. The first-order valence-electron chi connectivity index (χ1n) is 11.8. The zero-order valence-corrected chi connectivity index (χ0v) is 21.5. The minimum Gasteiger partial charge on any atom is -0.465 e. The molecule has 1 N–H and O–H groups in total. The Hall–Kier alpha value is -3.85. The molecule has 2 atom stereocenters. The van der Waals surface area contributed by atoms with Crippen molar-refractivity contribution in [1.29, 1.82) is 0 Å². The molecule has 1 aromatic carbocycles. The van der Waals surface area contributed by atoms with E-state index in [1.165, 1.54) is 11.3 Å². The molecule has 0 fully saturated rings. The number of benzene rings is 1. The highest BCUT2D eigenvalue weighted by atomic mass is 32.1. The fourth-order valence-electron chi connectivity index (χ4n) is 4.36. The van der Waals surface area contributed by atoms with E-state index in [0.717, 1.165) is 22.5 Å². The molecule has 2 unspecified atom stereocenters. The lowest BCUT2D eigenvalue weighted by molar-refractivity contribution is -0.146. The Bertz CT molecular complexity index is 1320. The largest absolute Gasteiger partial charge is 0.465 e. The van der Waals surface area contributed by atoms with Crippen LogP contribution in [0.3, 0.4) is 0 Å². The van der Waals surface area contributed by atoms with Crippen LogP contribution >= 0.6 is 11.3 Å². The van der Waals surface area contributed by atoms with Crippen LogP contribution < -0.4 is 5.32 Å². The Kier molecular flexibility index (Phi) is 7.90. The van der Waals surface area contributed by atoms with Gasteiger partial charge in [0, 0.05) is 46.4 Å². The molecule has 0 spiro atoms. The third kappa shape index (κ3) is 5.21. The van der Waals surface area contributed by atoms with Crippen LogP contribution in [0.4, 0.5) is 10.8 Å². The maximum absolute atomic E-state index is 13.1. The molecule has 1 aliphatic rings.